The first-order valence-electron chi connectivity index (χ1n) is 10.6. The van der Waals surface area contributed by atoms with Crippen molar-refractivity contribution in [3.8, 4) is 0 Å². The lowest BCUT2D eigenvalue weighted by atomic mass is 10.2. The minimum atomic E-state index is -3.08. The molecule has 0 saturated carbocycles. The smallest absolute Gasteiger partial charge is 0.348 e. The fraction of sp³-hybridized carbons (Fsp3) is 0.429. The molecule has 2 aliphatic heterocycles. The number of hydrogen-bond acceptors (Lipinski definition) is 7. The third-order valence-corrected chi connectivity index (χ3v) is 7.98. The number of aromatic nitrogens is 4. The fourth-order valence-corrected chi connectivity index (χ4v) is 6.18. The van der Waals surface area contributed by atoms with Crippen molar-refractivity contribution in [2.75, 3.05) is 42.6 Å². The highest BCUT2D eigenvalue weighted by Crippen LogP contribution is 2.26. The molecular weight excluding hydrogens is 432 g/mol. The Hall–Kier alpha value is -3.21. The summed E-state index contributed by atoms with van der Waals surface area (Å²) in [6.45, 7) is 2.47. The van der Waals surface area contributed by atoms with Crippen LogP contribution in [0.5, 0.6) is 0 Å². The summed E-state index contributed by atoms with van der Waals surface area (Å²) in [5.74, 6) is -0.00197. The molecule has 0 aliphatic carbocycles. The normalized spacial score (nSPS) is 20.7. The van der Waals surface area contributed by atoms with E-state index in [-0.39, 0.29) is 30.0 Å². The lowest BCUT2D eigenvalue weighted by Crippen LogP contribution is -2.50. The van der Waals surface area contributed by atoms with Gasteiger partial charge < -0.3 is 9.80 Å². The maximum atomic E-state index is 13.0. The molecule has 5 rings (SSSR count). The van der Waals surface area contributed by atoms with Crippen molar-refractivity contribution >= 4 is 32.5 Å². The standard InChI is InChI=1S/C21H24N6O4S/c28-20(25-9-7-24(8-10-25)16-4-2-1-3-5-16)14-26-18-13-23-27(19(18)12-22-21(26)29)17-6-11-32(30,31)15-17/h1-5,12-13,17H,6-11,14-15H2. The first-order valence-corrected chi connectivity index (χ1v) is 12.4. The highest BCUT2D eigenvalue weighted by Gasteiger charge is 2.31. The zero-order valence-corrected chi connectivity index (χ0v) is 18.3. The summed E-state index contributed by atoms with van der Waals surface area (Å²) < 4.78 is 26.7. The molecule has 1 aromatic carbocycles. The van der Waals surface area contributed by atoms with Crippen LogP contribution in [0, 0.1) is 0 Å². The van der Waals surface area contributed by atoms with Crippen LogP contribution < -0.4 is 10.6 Å². The van der Waals surface area contributed by atoms with Gasteiger partial charge in [-0.3, -0.25) is 14.0 Å². The van der Waals surface area contributed by atoms with Gasteiger partial charge in [0.25, 0.3) is 0 Å². The van der Waals surface area contributed by atoms with E-state index in [0.717, 1.165) is 18.8 Å². The van der Waals surface area contributed by atoms with E-state index in [1.54, 1.807) is 9.58 Å². The highest BCUT2D eigenvalue weighted by atomic mass is 32.2. The molecule has 3 aromatic rings. The Morgan fingerprint density at radius 2 is 1.78 bits per heavy atom. The van der Waals surface area contributed by atoms with E-state index >= 15 is 0 Å². The van der Waals surface area contributed by atoms with Crippen molar-refractivity contribution in [2.45, 2.75) is 19.0 Å². The number of carbonyl (C=O) groups is 1. The first kappa shape index (κ1) is 20.7. The van der Waals surface area contributed by atoms with Crippen molar-refractivity contribution in [3.63, 3.8) is 0 Å². The second-order valence-corrected chi connectivity index (χ2v) is 10.5. The summed E-state index contributed by atoms with van der Waals surface area (Å²) in [7, 11) is -3.08. The average molecular weight is 457 g/mol. The summed E-state index contributed by atoms with van der Waals surface area (Å²) in [6.07, 6.45) is 3.40. The summed E-state index contributed by atoms with van der Waals surface area (Å²) in [5.41, 5.74) is 1.66. The van der Waals surface area contributed by atoms with Gasteiger partial charge >= 0.3 is 5.69 Å². The predicted molar refractivity (Wildman–Crippen MR) is 119 cm³/mol. The van der Waals surface area contributed by atoms with Crippen molar-refractivity contribution in [3.05, 3.63) is 53.2 Å². The quantitative estimate of drug-likeness (QED) is 0.555. The van der Waals surface area contributed by atoms with Gasteiger partial charge in [-0.25, -0.2) is 13.2 Å². The van der Waals surface area contributed by atoms with Gasteiger partial charge in [0.05, 0.1) is 35.5 Å². The van der Waals surface area contributed by atoms with Crippen LogP contribution in [0.3, 0.4) is 0 Å². The number of anilines is 1. The molecule has 1 atom stereocenters. The highest BCUT2D eigenvalue weighted by molar-refractivity contribution is 7.91. The molecule has 2 aliphatic rings. The average Bonchev–Trinajstić information content (AvgIpc) is 3.39. The van der Waals surface area contributed by atoms with E-state index in [0.29, 0.717) is 30.5 Å². The molecular formula is C21H24N6O4S. The third kappa shape index (κ3) is 3.88. The summed E-state index contributed by atoms with van der Waals surface area (Å²) in [5, 5.41) is 4.33. The van der Waals surface area contributed by atoms with E-state index in [9.17, 15) is 18.0 Å². The molecule has 11 heteroatoms. The van der Waals surface area contributed by atoms with Crippen LogP contribution in [0.2, 0.25) is 0 Å². The summed E-state index contributed by atoms with van der Waals surface area (Å²) in [6, 6.07) is 9.78. The number of hydrogen-bond donors (Lipinski definition) is 0. The molecule has 1 amide bonds. The van der Waals surface area contributed by atoms with E-state index < -0.39 is 15.5 Å². The number of rotatable bonds is 4. The van der Waals surface area contributed by atoms with E-state index in [4.69, 9.17) is 0 Å². The van der Waals surface area contributed by atoms with Gasteiger partial charge in [-0.05, 0) is 18.6 Å². The molecule has 1 unspecified atom stereocenters. The van der Waals surface area contributed by atoms with Gasteiger partial charge in [0.1, 0.15) is 12.1 Å². The number of carbonyl (C=O) groups excluding carboxylic acids is 1. The molecule has 2 saturated heterocycles. The second-order valence-electron chi connectivity index (χ2n) is 8.25. The zero-order chi connectivity index (χ0) is 22.3. The van der Waals surface area contributed by atoms with Crippen molar-refractivity contribution in [2.24, 2.45) is 0 Å². The van der Waals surface area contributed by atoms with Gasteiger partial charge in [-0.2, -0.15) is 10.1 Å². The Kier molecular flexibility index (Phi) is 5.20. The minimum Gasteiger partial charge on any atom is -0.368 e. The molecule has 168 valence electrons. The molecule has 4 heterocycles. The number of amides is 1. The molecule has 0 radical (unpaired) electrons. The van der Waals surface area contributed by atoms with Crippen molar-refractivity contribution in [1.29, 1.82) is 0 Å². The van der Waals surface area contributed by atoms with Crippen LogP contribution in [0.1, 0.15) is 12.5 Å². The largest absolute Gasteiger partial charge is 0.368 e. The molecule has 32 heavy (non-hydrogen) atoms. The Morgan fingerprint density at radius 3 is 2.47 bits per heavy atom. The monoisotopic (exact) mass is 456 g/mol. The SMILES string of the molecule is O=C(Cn1c(=O)ncc2c1cnn2C1CCS(=O)(=O)C1)N1CCN(c2ccccc2)CC1. The maximum absolute atomic E-state index is 13.0. The van der Waals surface area contributed by atoms with Crippen LogP contribution in [-0.4, -0.2) is 76.2 Å². The predicted octanol–water partition coefficient (Wildman–Crippen LogP) is 0.301. The van der Waals surface area contributed by atoms with Crippen molar-refractivity contribution in [1.82, 2.24) is 24.2 Å². The molecule has 2 aromatic heterocycles. The number of piperazine rings is 1. The van der Waals surface area contributed by atoms with E-state index in [2.05, 4.69) is 27.1 Å². The van der Waals surface area contributed by atoms with Gasteiger partial charge in [0.15, 0.2) is 9.84 Å². The van der Waals surface area contributed by atoms with Gasteiger partial charge in [-0.15, -0.1) is 0 Å². The number of para-hydroxylation sites is 1. The summed E-state index contributed by atoms with van der Waals surface area (Å²) >= 11 is 0. The Morgan fingerprint density at radius 1 is 1.03 bits per heavy atom. The van der Waals surface area contributed by atoms with Gasteiger partial charge in [0, 0.05) is 31.9 Å². The molecule has 10 nitrogen and oxygen atoms in total. The van der Waals surface area contributed by atoms with E-state index in [1.165, 1.54) is 17.0 Å². The molecule has 0 bridgehead atoms. The van der Waals surface area contributed by atoms with Crippen molar-refractivity contribution < 1.29 is 13.2 Å². The Bertz CT molecular complexity index is 1310. The van der Waals surface area contributed by atoms with Gasteiger partial charge in [-0.1, -0.05) is 18.2 Å². The number of benzene rings is 1. The van der Waals surface area contributed by atoms with Crippen LogP contribution in [0.4, 0.5) is 5.69 Å². The van der Waals surface area contributed by atoms with Gasteiger partial charge in [0.2, 0.25) is 5.91 Å². The fourth-order valence-electron chi connectivity index (χ4n) is 4.49. The number of fused-ring (bicyclic) bond motifs is 1. The Labute approximate surface area is 185 Å². The van der Waals surface area contributed by atoms with Crippen LogP contribution in [0.25, 0.3) is 11.0 Å². The third-order valence-electron chi connectivity index (χ3n) is 6.23. The van der Waals surface area contributed by atoms with Crippen LogP contribution in [0.15, 0.2) is 47.5 Å². The topological polar surface area (TPSA) is 110 Å². The molecule has 0 N–H and O–H groups in total. The lowest BCUT2D eigenvalue weighted by Gasteiger charge is -2.36. The maximum Gasteiger partial charge on any atom is 0.348 e. The summed E-state index contributed by atoms with van der Waals surface area (Å²) in [4.78, 5) is 33.3. The minimum absolute atomic E-state index is 0.0214. The first-order chi connectivity index (χ1) is 15.4. The number of nitrogens with zero attached hydrogens (tertiary/aromatic N) is 6. The van der Waals surface area contributed by atoms with Crippen LogP contribution >= 0.6 is 0 Å². The lowest BCUT2D eigenvalue weighted by molar-refractivity contribution is -0.132. The molecule has 0 spiro atoms. The van der Waals surface area contributed by atoms with E-state index in [1.807, 2.05) is 18.2 Å². The zero-order valence-electron chi connectivity index (χ0n) is 17.5. The van der Waals surface area contributed by atoms with Crippen LogP contribution in [-0.2, 0) is 21.2 Å². The number of sulfone groups is 1. The second kappa shape index (κ2) is 8.05. The molecule has 2 fully saturated rings. The Balaban J connectivity index is 1.33.